The smallest absolute Gasteiger partial charge is 0.403 e. The minimum Gasteiger partial charge on any atom is -0.403 e. The summed E-state index contributed by atoms with van der Waals surface area (Å²) in [6, 6.07) is 0. The van der Waals surface area contributed by atoms with Gasteiger partial charge in [0.1, 0.15) is 0 Å². The Kier molecular flexibility index (Phi) is 2.74. The molecule has 2 nitrogen and oxygen atoms in total. The lowest BCUT2D eigenvalue weighted by molar-refractivity contribution is 0.00578. The van der Waals surface area contributed by atoms with E-state index in [1.807, 2.05) is 27.7 Å². The highest BCUT2D eigenvalue weighted by Gasteiger charge is 2.52. The summed E-state index contributed by atoms with van der Waals surface area (Å²) >= 11 is 0. The van der Waals surface area contributed by atoms with E-state index in [0.717, 1.165) is 0 Å². The average molecular weight is 188 g/mol. The van der Waals surface area contributed by atoms with Gasteiger partial charge in [-0.05, 0) is 27.7 Å². The molecule has 13 heavy (non-hydrogen) atoms. The molecule has 0 aliphatic carbocycles. The van der Waals surface area contributed by atoms with Gasteiger partial charge in [-0.25, -0.2) is 0 Å². The van der Waals surface area contributed by atoms with Gasteiger partial charge in [0.15, 0.2) is 0 Å². The average Bonchev–Trinajstić information content (AvgIpc) is 2.20. The van der Waals surface area contributed by atoms with Gasteiger partial charge in [-0.2, -0.15) is 0 Å². The maximum absolute atomic E-state index is 12.4. The zero-order chi connectivity index (χ0) is 10.3. The summed E-state index contributed by atoms with van der Waals surface area (Å²) < 4.78 is 23.7. The SMILES string of the molecule is CC(CF)B1OC(C)(C)C(C)(C)O1. The molecule has 1 rings (SSSR count). The normalized spacial score (nSPS) is 27.7. The molecular formula is C9H18BFO2. The highest BCUT2D eigenvalue weighted by molar-refractivity contribution is 6.47. The first kappa shape index (κ1) is 11.0. The van der Waals surface area contributed by atoms with Crippen molar-refractivity contribution in [3.63, 3.8) is 0 Å². The van der Waals surface area contributed by atoms with E-state index in [9.17, 15) is 4.39 Å². The van der Waals surface area contributed by atoms with Crippen molar-refractivity contribution in [3.8, 4) is 0 Å². The molecule has 1 fully saturated rings. The summed E-state index contributed by atoms with van der Waals surface area (Å²) in [6.45, 7) is 9.27. The molecule has 0 radical (unpaired) electrons. The third-order valence-electron chi connectivity index (χ3n) is 2.98. The fourth-order valence-electron chi connectivity index (χ4n) is 1.19. The Balaban J connectivity index is 2.70. The van der Waals surface area contributed by atoms with Gasteiger partial charge in [-0.1, -0.05) is 6.92 Å². The Morgan fingerprint density at radius 1 is 1.15 bits per heavy atom. The van der Waals surface area contributed by atoms with Gasteiger partial charge in [0.25, 0.3) is 0 Å². The van der Waals surface area contributed by atoms with E-state index in [-0.39, 0.29) is 17.0 Å². The Morgan fingerprint density at radius 3 is 1.85 bits per heavy atom. The molecule has 1 atom stereocenters. The van der Waals surface area contributed by atoms with Crippen LogP contribution in [0.3, 0.4) is 0 Å². The van der Waals surface area contributed by atoms with Crippen molar-refractivity contribution in [1.82, 2.24) is 0 Å². The van der Waals surface area contributed by atoms with Crippen molar-refractivity contribution >= 4 is 7.12 Å². The molecule has 1 saturated heterocycles. The van der Waals surface area contributed by atoms with Gasteiger partial charge in [0, 0.05) is 5.82 Å². The van der Waals surface area contributed by atoms with E-state index in [0.29, 0.717) is 0 Å². The van der Waals surface area contributed by atoms with Crippen molar-refractivity contribution in [1.29, 1.82) is 0 Å². The Labute approximate surface area is 79.9 Å². The third-order valence-corrected chi connectivity index (χ3v) is 2.98. The topological polar surface area (TPSA) is 18.5 Å². The van der Waals surface area contributed by atoms with Crippen LogP contribution in [0, 0.1) is 0 Å². The molecule has 0 spiro atoms. The third kappa shape index (κ3) is 1.89. The summed E-state index contributed by atoms with van der Waals surface area (Å²) in [7, 11) is -0.407. The minimum atomic E-state index is -0.407. The molecule has 0 N–H and O–H groups in total. The van der Waals surface area contributed by atoms with Gasteiger partial charge in [0.2, 0.25) is 0 Å². The standard InChI is InChI=1S/C9H18BFO2/c1-7(6-11)10-12-8(2,3)9(4,5)13-10/h7H,6H2,1-5H3. The van der Waals surface area contributed by atoms with Gasteiger partial charge in [0.05, 0.1) is 17.9 Å². The van der Waals surface area contributed by atoms with Crippen LogP contribution in [0.4, 0.5) is 4.39 Å². The summed E-state index contributed by atoms with van der Waals surface area (Å²) in [5, 5.41) is 0. The van der Waals surface area contributed by atoms with Crippen LogP contribution >= 0.6 is 0 Å². The van der Waals surface area contributed by atoms with Crippen LogP contribution in [0.1, 0.15) is 34.6 Å². The van der Waals surface area contributed by atoms with Gasteiger partial charge < -0.3 is 9.31 Å². The van der Waals surface area contributed by atoms with E-state index in [1.54, 1.807) is 6.92 Å². The van der Waals surface area contributed by atoms with Crippen LogP contribution in [0.2, 0.25) is 5.82 Å². The van der Waals surface area contributed by atoms with Crippen LogP contribution < -0.4 is 0 Å². The second-order valence-electron chi connectivity index (χ2n) is 4.76. The van der Waals surface area contributed by atoms with Crippen LogP contribution in [-0.4, -0.2) is 25.0 Å². The van der Waals surface area contributed by atoms with Gasteiger partial charge >= 0.3 is 7.12 Å². The van der Waals surface area contributed by atoms with Crippen LogP contribution in [0.5, 0.6) is 0 Å². The minimum absolute atomic E-state index is 0.193. The number of hydrogen-bond acceptors (Lipinski definition) is 2. The molecule has 0 aromatic rings. The first-order valence-corrected chi connectivity index (χ1v) is 4.72. The predicted octanol–water partition coefficient (Wildman–Crippen LogP) is 2.44. The number of rotatable bonds is 2. The molecule has 1 heterocycles. The number of hydrogen-bond donors (Lipinski definition) is 0. The van der Waals surface area contributed by atoms with Crippen molar-refractivity contribution in [2.45, 2.75) is 51.6 Å². The van der Waals surface area contributed by atoms with Crippen LogP contribution in [-0.2, 0) is 9.31 Å². The lowest BCUT2D eigenvalue weighted by atomic mass is 9.74. The molecule has 1 aliphatic heterocycles. The first-order valence-electron chi connectivity index (χ1n) is 4.72. The molecular weight excluding hydrogens is 170 g/mol. The first-order chi connectivity index (χ1) is 5.80. The highest BCUT2D eigenvalue weighted by atomic mass is 19.1. The van der Waals surface area contributed by atoms with Gasteiger partial charge in [-0.3, -0.25) is 4.39 Å². The molecule has 4 heteroatoms. The quantitative estimate of drug-likeness (QED) is 0.619. The van der Waals surface area contributed by atoms with E-state index in [2.05, 4.69) is 0 Å². The van der Waals surface area contributed by atoms with Crippen molar-refractivity contribution in [3.05, 3.63) is 0 Å². The summed E-state index contributed by atoms with van der Waals surface area (Å²) in [5.41, 5.74) is -0.692. The molecule has 0 aromatic heterocycles. The van der Waals surface area contributed by atoms with Crippen LogP contribution in [0.25, 0.3) is 0 Å². The van der Waals surface area contributed by atoms with Gasteiger partial charge in [-0.15, -0.1) is 0 Å². The summed E-state index contributed by atoms with van der Waals surface area (Å²) in [5.74, 6) is -0.193. The Bertz CT molecular complexity index is 178. The van der Waals surface area contributed by atoms with Crippen molar-refractivity contribution in [2.24, 2.45) is 0 Å². The van der Waals surface area contributed by atoms with E-state index >= 15 is 0 Å². The van der Waals surface area contributed by atoms with Crippen LogP contribution in [0.15, 0.2) is 0 Å². The predicted molar refractivity (Wildman–Crippen MR) is 51.5 cm³/mol. The van der Waals surface area contributed by atoms with Crippen molar-refractivity contribution < 1.29 is 13.7 Å². The highest BCUT2D eigenvalue weighted by Crippen LogP contribution is 2.39. The lowest BCUT2D eigenvalue weighted by Crippen LogP contribution is -2.41. The Morgan fingerprint density at radius 2 is 1.54 bits per heavy atom. The summed E-state index contributed by atoms with van der Waals surface area (Å²) in [4.78, 5) is 0. The molecule has 0 saturated carbocycles. The van der Waals surface area contributed by atoms with Crippen molar-refractivity contribution in [2.75, 3.05) is 6.67 Å². The maximum Gasteiger partial charge on any atom is 0.463 e. The lowest BCUT2D eigenvalue weighted by Gasteiger charge is -2.32. The maximum atomic E-state index is 12.4. The summed E-state index contributed by atoms with van der Waals surface area (Å²) in [6.07, 6.45) is 0. The zero-order valence-electron chi connectivity index (χ0n) is 9.06. The fraction of sp³-hybridized carbons (Fsp3) is 1.00. The zero-order valence-corrected chi connectivity index (χ0v) is 9.06. The van der Waals surface area contributed by atoms with E-state index in [4.69, 9.17) is 9.31 Å². The molecule has 0 amide bonds. The molecule has 0 bridgehead atoms. The molecule has 76 valence electrons. The molecule has 1 unspecified atom stereocenters. The second kappa shape index (κ2) is 3.25. The second-order valence-corrected chi connectivity index (χ2v) is 4.76. The van der Waals surface area contributed by atoms with E-state index in [1.165, 1.54) is 0 Å². The molecule has 0 aromatic carbocycles. The van der Waals surface area contributed by atoms with E-state index < -0.39 is 13.8 Å². The molecule has 1 aliphatic rings. The largest absolute Gasteiger partial charge is 0.463 e. The number of halogens is 1. The fourth-order valence-corrected chi connectivity index (χ4v) is 1.19. The number of alkyl halides is 1. The Hall–Kier alpha value is -0.0851. The monoisotopic (exact) mass is 188 g/mol.